The second kappa shape index (κ2) is 7.05. The van der Waals surface area contributed by atoms with Crippen LogP contribution in [0, 0.1) is 0 Å². The predicted molar refractivity (Wildman–Crippen MR) is 90.5 cm³/mol. The molecule has 0 saturated heterocycles. The summed E-state index contributed by atoms with van der Waals surface area (Å²) in [5, 5.41) is 2.24. The normalized spacial score (nSPS) is 11.4. The Hall–Kier alpha value is -0.680. The maximum Gasteiger partial charge on any atom is 0.124 e. The fourth-order valence-corrected chi connectivity index (χ4v) is 4.18. The molecule has 1 aromatic carbocycles. The Morgan fingerprint density at radius 1 is 1.24 bits per heavy atom. The Morgan fingerprint density at radius 2 is 1.86 bits per heavy atom. The highest BCUT2D eigenvalue weighted by molar-refractivity contribution is 7.99. The van der Waals surface area contributed by atoms with Crippen LogP contribution >= 0.6 is 35.0 Å². The summed E-state index contributed by atoms with van der Waals surface area (Å²) in [7, 11) is 0. The fourth-order valence-electron chi connectivity index (χ4n) is 2.33. The van der Waals surface area contributed by atoms with E-state index in [9.17, 15) is 0 Å². The van der Waals surface area contributed by atoms with Gasteiger partial charge in [0.25, 0.3) is 0 Å². The van der Waals surface area contributed by atoms with E-state index in [0.717, 1.165) is 22.3 Å². The molecule has 0 amide bonds. The minimum Gasteiger partial charge on any atom is -0.330 e. The molecule has 0 fully saturated rings. The van der Waals surface area contributed by atoms with E-state index in [2.05, 4.69) is 25.3 Å². The van der Waals surface area contributed by atoms with Gasteiger partial charge in [-0.1, -0.05) is 48.8 Å². The van der Waals surface area contributed by atoms with E-state index >= 15 is 0 Å². The summed E-state index contributed by atoms with van der Waals surface area (Å²) < 4.78 is 2.19. The SMILES string of the molecule is CCn1c(CN)nc(Sc2cc(Cl)cc(Cl)c2)c1C(C)C. The van der Waals surface area contributed by atoms with Crippen molar-refractivity contribution in [3.05, 3.63) is 39.8 Å². The zero-order valence-corrected chi connectivity index (χ0v) is 14.7. The lowest BCUT2D eigenvalue weighted by atomic mass is 10.1. The molecule has 21 heavy (non-hydrogen) atoms. The van der Waals surface area contributed by atoms with Gasteiger partial charge in [-0.15, -0.1) is 0 Å². The Balaban J connectivity index is 2.45. The van der Waals surface area contributed by atoms with Crippen molar-refractivity contribution in [2.75, 3.05) is 0 Å². The summed E-state index contributed by atoms with van der Waals surface area (Å²) in [6.07, 6.45) is 0. The van der Waals surface area contributed by atoms with Gasteiger partial charge in [-0.3, -0.25) is 0 Å². The van der Waals surface area contributed by atoms with Crippen LogP contribution < -0.4 is 5.73 Å². The molecule has 0 bridgehead atoms. The van der Waals surface area contributed by atoms with Gasteiger partial charge in [0, 0.05) is 21.5 Å². The van der Waals surface area contributed by atoms with Crippen molar-refractivity contribution in [1.29, 1.82) is 0 Å². The summed E-state index contributed by atoms with van der Waals surface area (Å²) in [6.45, 7) is 7.74. The molecular formula is C15H19Cl2N3S. The van der Waals surface area contributed by atoms with Gasteiger partial charge in [0.15, 0.2) is 0 Å². The number of nitrogens with zero attached hydrogens (tertiary/aromatic N) is 2. The standard InChI is InChI=1S/C15H19Cl2N3S/c1-4-20-13(8-18)19-15(14(20)9(2)3)21-12-6-10(16)5-11(17)7-12/h5-7,9H,4,8,18H2,1-3H3. The Labute approximate surface area is 139 Å². The number of benzene rings is 1. The smallest absolute Gasteiger partial charge is 0.124 e. The molecule has 1 aromatic heterocycles. The van der Waals surface area contributed by atoms with Crippen LogP contribution in [0.25, 0.3) is 0 Å². The molecule has 3 nitrogen and oxygen atoms in total. The second-order valence-corrected chi connectivity index (χ2v) is 6.96. The lowest BCUT2D eigenvalue weighted by molar-refractivity contribution is 0.632. The lowest BCUT2D eigenvalue weighted by Crippen LogP contribution is -2.10. The number of imidazole rings is 1. The average Bonchev–Trinajstić information content (AvgIpc) is 2.75. The first kappa shape index (κ1) is 16.7. The van der Waals surface area contributed by atoms with Gasteiger partial charge >= 0.3 is 0 Å². The first-order valence-corrected chi connectivity index (χ1v) is 8.46. The van der Waals surface area contributed by atoms with E-state index in [0.29, 0.717) is 22.5 Å². The Morgan fingerprint density at radius 3 is 2.33 bits per heavy atom. The molecule has 0 aliphatic heterocycles. The summed E-state index contributed by atoms with van der Waals surface area (Å²) in [6, 6.07) is 5.52. The molecule has 0 saturated carbocycles. The zero-order chi connectivity index (χ0) is 15.6. The topological polar surface area (TPSA) is 43.8 Å². The van der Waals surface area contributed by atoms with Crippen molar-refractivity contribution in [2.45, 2.75) is 49.7 Å². The number of hydrogen-bond acceptors (Lipinski definition) is 3. The molecule has 2 aromatic rings. The second-order valence-electron chi connectivity index (χ2n) is 5.03. The van der Waals surface area contributed by atoms with E-state index in [1.54, 1.807) is 17.8 Å². The van der Waals surface area contributed by atoms with Crippen LogP contribution in [0.1, 0.15) is 38.2 Å². The van der Waals surface area contributed by atoms with Gasteiger partial charge in [0.2, 0.25) is 0 Å². The highest BCUT2D eigenvalue weighted by atomic mass is 35.5. The van der Waals surface area contributed by atoms with Crippen LogP contribution in [0.3, 0.4) is 0 Å². The average molecular weight is 344 g/mol. The molecule has 6 heteroatoms. The third-order valence-corrected chi connectivity index (χ3v) is 4.55. The van der Waals surface area contributed by atoms with Crippen LogP contribution in [0.2, 0.25) is 10.0 Å². The Bertz CT molecular complexity index is 618. The highest BCUT2D eigenvalue weighted by Gasteiger charge is 2.19. The summed E-state index contributed by atoms with van der Waals surface area (Å²) in [5.41, 5.74) is 7.02. The van der Waals surface area contributed by atoms with Gasteiger partial charge in [0.1, 0.15) is 10.9 Å². The minimum atomic E-state index is 0.370. The maximum atomic E-state index is 6.07. The van der Waals surface area contributed by atoms with Gasteiger partial charge in [-0.2, -0.15) is 0 Å². The van der Waals surface area contributed by atoms with Crippen LogP contribution in [0.5, 0.6) is 0 Å². The van der Waals surface area contributed by atoms with Crippen molar-refractivity contribution in [3.63, 3.8) is 0 Å². The summed E-state index contributed by atoms with van der Waals surface area (Å²) in [5.74, 6) is 1.28. The third kappa shape index (κ3) is 3.75. The van der Waals surface area contributed by atoms with E-state index in [4.69, 9.17) is 33.9 Å². The number of halogens is 2. The van der Waals surface area contributed by atoms with E-state index in [1.807, 2.05) is 12.1 Å². The van der Waals surface area contributed by atoms with Crippen LogP contribution in [0.15, 0.2) is 28.1 Å². The predicted octanol–water partition coefficient (Wildman–Crippen LogP) is 4.94. The van der Waals surface area contributed by atoms with Crippen LogP contribution in [0.4, 0.5) is 0 Å². The highest BCUT2D eigenvalue weighted by Crippen LogP contribution is 2.36. The molecule has 1 heterocycles. The lowest BCUT2D eigenvalue weighted by Gasteiger charge is -2.12. The van der Waals surface area contributed by atoms with Crippen molar-refractivity contribution in [1.82, 2.24) is 9.55 Å². The first-order valence-electron chi connectivity index (χ1n) is 6.89. The zero-order valence-electron chi connectivity index (χ0n) is 12.4. The molecule has 2 N–H and O–H groups in total. The van der Waals surface area contributed by atoms with Gasteiger partial charge in [0.05, 0.1) is 12.2 Å². The monoisotopic (exact) mass is 343 g/mol. The number of aromatic nitrogens is 2. The first-order chi connectivity index (χ1) is 9.96. The van der Waals surface area contributed by atoms with Crippen molar-refractivity contribution < 1.29 is 0 Å². The largest absolute Gasteiger partial charge is 0.330 e. The number of nitrogens with two attached hydrogens (primary N) is 1. The van der Waals surface area contributed by atoms with Crippen molar-refractivity contribution in [3.8, 4) is 0 Å². The van der Waals surface area contributed by atoms with Gasteiger partial charge < -0.3 is 10.3 Å². The molecule has 0 aliphatic carbocycles. The molecule has 0 aliphatic rings. The molecule has 114 valence electrons. The third-order valence-electron chi connectivity index (χ3n) is 3.15. The number of rotatable bonds is 5. The van der Waals surface area contributed by atoms with E-state index < -0.39 is 0 Å². The van der Waals surface area contributed by atoms with Crippen molar-refractivity contribution in [2.24, 2.45) is 5.73 Å². The molecule has 0 spiro atoms. The van der Waals surface area contributed by atoms with Crippen LogP contribution in [-0.4, -0.2) is 9.55 Å². The van der Waals surface area contributed by atoms with Gasteiger partial charge in [-0.25, -0.2) is 4.98 Å². The summed E-state index contributed by atoms with van der Waals surface area (Å²) >= 11 is 13.7. The molecule has 2 rings (SSSR count). The Kier molecular flexibility index (Phi) is 5.60. The van der Waals surface area contributed by atoms with E-state index in [-0.39, 0.29) is 0 Å². The quantitative estimate of drug-likeness (QED) is 0.835. The maximum absolute atomic E-state index is 6.07. The minimum absolute atomic E-state index is 0.370. The molecular weight excluding hydrogens is 325 g/mol. The van der Waals surface area contributed by atoms with Crippen LogP contribution in [-0.2, 0) is 13.1 Å². The van der Waals surface area contributed by atoms with E-state index in [1.165, 1.54) is 5.69 Å². The van der Waals surface area contributed by atoms with Crippen molar-refractivity contribution >= 4 is 35.0 Å². The fraction of sp³-hybridized carbons (Fsp3) is 0.400. The van der Waals surface area contributed by atoms with Gasteiger partial charge in [-0.05, 0) is 31.0 Å². The molecule has 0 unspecified atom stereocenters. The molecule has 0 atom stereocenters. The number of hydrogen-bond donors (Lipinski definition) is 1. The molecule has 0 radical (unpaired) electrons. The summed E-state index contributed by atoms with van der Waals surface area (Å²) in [4.78, 5) is 5.68.